The molecular weight excluding hydrogens is 333 g/mol. The number of ether oxygens (including phenoxy) is 1. The lowest BCUT2D eigenvalue weighted by Gasteiger charge is -2.38. The van der Waals surface area contributed by atoms with Gasteiger partial charge in [0.05, 0.1) is 17.9 Å². The summed E-state index contributed by atoms with van der Waals surface area (Å²) >= 11 is 0. The summed E-state index contributed by atoms with van der Waals surface area (Å²) in [6.07, 6.45) is 3.42. The quantitative estimate of drug-likeness (QED) is 0.414. The molecule has 1 aliphatic heterocycles. The van der Waals surface area contributed by atoms with Gasteiger partial charge in [0, 0.05) is 43.6 Å². The Bertz CT molecular complexity index is 636. The third-order valence-electron chi connectivity index (χ3n) is 4.50. The second-order valence-corrected chi connectivity index (χ2v) is 6.72. The van der Waals surface area contributed by atoms with Crippen LogP contribution in [0.3, 0.4) is 0 Å². The van der Waals surface area contributed by atoms with Gasteiger partial charge in [-0.25, -0.2) is 10.2 Å². The van der Waals surface area contributed by atoms with Gasteiger partial charge in [0.1, 0.15) is 5.82 Å². The largest absolute Gasteiger partial charge is 0.397 e. The van der Waals surface area contributed by atoms with Gasteiger partial charge in [0.25, 0.3) is 0 Å². The third kappa shape index (κ3) is 6.01. The summed E-state index contributed by atoms with van der Waals surface area (Å²) in [5, 5.41) is 7.96. The highest BCUT2D eigenvalue weighted by Gasteiger charge is 2.29. The van der Waals surface area contributed by atoms with E-state index in [9.17, 15) is 4.39 Å². The normalized spacial score (nSPS) is 23.5. The molecule has 0 amide bonds. The van der Waals surface area contributed by atoms with Crippen LogP contribution in [0.4, 0.5) is 4.39 Å². The van der Waals surface area contributed by atoms with Crippen molar-refractivity contribution in [2.24, 2.45) is 11.6 Å². The Morgan fingerprint density at radius 3 is 2.92 bits per heavy atom. The predicted molar refractivity (Wildman–Crippen MR) is 103 cm³/mol. The Morgan fingerprint density at radius 1 is 1.46 bits per heavy atom. The van der Waals surface area contributed by atoms with Crippen LogP contribution < -0.4 is 22.2 Å². The summed E-state index contributed by atoms with van der Waals surface area (Å²) in [6, 6.07) is 6.27. The average molecular weight is 363 g/mol. The zero-order valence-electron chi connectivity index (χ0n) is 15.5. The number of nitrogens with two attached hydrogens (primary N) is 2. The molecule has 6 N–H and O–H groups in total. The van der Waals surface area contributed by atoms with Crippen molar-refractivity contribution in [3.63, 3.8) is 0 Å². The summed E-state index contributed by atoms with van der Waals surface area (Å²) in [5.74, 6) is 5.91. The summed E-state index contributed by atoms with van der Waals surface area (Å²) in [6.45, 7) is 7.34. The van der Waals surface area contributed by atoms with Gasteiger partial charge < -0.3 is 26.1 Å². The maximum Gasteiger partial charge on any atom is 0.123 e. The number of hydrazine groups is 1. The lowest BCUT2D eigenvalue weighted by molar-refractivity contribution is -0.0655. The summed E-state index contributed by atoms with van der Waals surface area (Å²) in [7, 11) is 1.85. The van der Waals surface area contributed by atoms with E-state index in [-0.39, 0.29) is 24.1 Å². The number of benzene rings is 1. The highest BCUT2D eigenvalue weighted by Crippen LogP contribution is 2.23. The van der Waals surface area contributed by atoms with Crippen LogP contribution in [0.2, 0.25) is 0 Å². The first-order valence-corrected chi connectivity index (χ1v) is 8.87. The molecule has 144 valence electrons. The molecule has 1 aromatic rings. The molecule has 0 saturated carbocycles. The van der Waals surface area contributed by atoms with Crippen LogP contribution in [-0.2, 0) is 4.74 Å². The molecule has 1 heterocycles. The molecule has 1 aliphatic rings. The minimum absolute atomic E-state index is 0.0586. The first kappa shape index (κ1) is 20.2. The smallest absolute Gasteiger partial charge is 0.123 e. The van der Waals surface area contributed by atoms with Crippen LogP contribution in [0.1, 0.15) is 25.3 Å². The Kier molecular flexibility index (Phi) is 7.44. The van der Waals surface area contributed by atoms with E-state index in [2.05, 4.69) is 17.2 Å². The molecule has 1 saturated heterocycles. The Morgan fingerprint density at radius 2 is 2.23 bits per heavy atom. The molecule has 1 aromatic carbocycles. The maximum absolute atomic E-state index is 13.4. The van der Waals surface area contributed by atoms with E-state index in [0.29, 0.717) is 17.8 Å². The van der Waals surface area contributed by atoms with Crippen LogP contribution in [0.25, 0.3) is 5.70 Å². The minimum Gasteiger partial charge on any atom is -0.397 e. The van der Waals surface area contributed by atoms with Gasteiger partial charge in [0.2, 0.25) is 0 Å². The fourth-order valence-corrected chi connectivity index (χ4v) is 3.08. The zero-order chi connectivity index (χ0) is 19.1. The van der Waals surface area contributed by atoms with Crippen molar-refractivity contribution in [1.82, 2.24) is 15.6 Å². The van der Waals surface area contributed by atoms with Crippen LogP contribution in [0.15, 0.2) is 42.7 Å². The fourth-order valence-electron chi connectivity index (χ4n) is 3.08. The average Bonchev–Trinajstić information content (AvgIpc) is 2.61. The lowest BCUT2D eigenvalue weighted by atomic mass is 9.98. The number of nitrogens with one attached hydrogen (secondary N) is 2. The Balaban J connectivity index is 1.95. The molecule has 0 bridgehead atoms. The Labute approximate surface area is 155 Å². The van der Waals surface area contributed by atoms with E-state index in [4.69, 9.17) is 16.3 Å². The van der Waals surface area contributed by atoms with Crippen LogP contribution in [0, 0.1) is 5.82 Å². The van der Waals surface area contributed by atoms with Gasteiger partial charge in [-0.3, -0.25) is 0 Å². The molecule has 0 spiro atoms. The van der Waals surface area contributed by atoms with Gasteiger partial charge in [-0.15, -0.1) is 0 Å². The topological polar surface area (TPSA) is 88.6 Å². The molecule has 1 fully saturated rings. The second kappa shape index (κ2) is 9.56. The van der Waals surface area contributed by atoms with Crippen molar-refractivity contribution in [3.8, 4) is 0 Å². The molecule has 7 heteroatoms. The molecule has 26 heavy (non-hydrogen) atoms. The number of nitrogens with zero attached hydrogens (tertiary/aromatic N) is 1. The molecule has 0 aromatic heterocycles. The zero-order valence-corrected chi connectivity index (χ0v) is 15.5. The van der Waals surface area contributed by atoms with Gasteiger partial charge in [-0.1, -0.05) is 18.7 Å². The molecular formula is C19H30FN5O. The van der Waals surface area contributed by atoms with E-state index in [0.717, 1.165) is 25.1 Å². The van der Waals surface area contributed by atoms with Crippen molar-refractivity contribution in [3.05, 3.63) is 54.1 Å². The van der Waals surface area contributed by atoms with E-state index in [1.165, 1.54) is 12.1 Å². The van der Waals surface area contributed by atoms with Crippen LogP contribution in [-0.4, -0.2) is 43.4 Å². The number of halogens is 1. The highest BCUT2D eigenvalue weighted by atomic mass is 19.1. The summed E-state index contributed by atoms with van der Waals surface area (Å²) in [5.41, 5.74) is 8.06. The van der Waals surface area contributed by atoms with Crippen molar-refractivity contribution >= 4 is 5.70 Å². The molecule has 2 rings (SSSR count). The van der Waals surface area contributed by atoms with Gasteiger partial charge in [-0.05, 0) is 31.9 Å². The number of hydrogen-bond acceptors (Lipinski definition) is 6. The molecule has 3 unspecified atom stereocenters. The number of likely N-dealkylation sites (N-methyl/N-ethyl adjacent to an activating group) is 1. The van der Waals surface area contributed by atoms with E-state index in [1.54, 1.807) is 23.3 Å². The minimum atomic E-state index is -0.323. The molecule has 6 nitrogen and oxygen atoms in total. The van der Waals surface area contributed by atoms with Gasteiger partial charge >= 0.3 is 0 Å². The lowest BCUT2D eigenvalue weighted by Crippen LogP contribution is -2.48. The van der Waals surface area contributed by atoms with Crippen molar-refractivity contribution in [2.45, 2.75) is 38.0 Å². The third-order valence-corrected chi connectivity index (χ3v) is 4.50. The van der Waals surface area contributed by atoms with Crippen LogP contribution in [0.5, 0.6) is 0 Å². The second-order valence-electron chi connectivity index (χ2n) is 6.72. The summed E-state index contributed by atoms with van der Waals surface area (Å²) in [4.78, 5) is 0. The molecule has 3 atom stereocenters. The van der Waals surface area contributed by atoms with E-state index < -0.39 is 0 Å². The van der Waals surface area contributed by atoms with Crippen molar-refractivity contribution in [2.75, 3.05) is 20.1 Å². The first-order valence-electron chi connectivity index (χ1n) is 8.87. The monoisotopic (exact) mass is 363 g/mol. The van der Waals surface area contributed by atoms with E-state index in [1.807, 2.05) is 14.0 Å². The highest BCUT2D eigenvalue weighted by molar-refractivity contribution is 5.62. The van der Waals surface area contributed by atoms with Gasteiger partial charge in [-0.2, -0.15) is 0 Å². The van der Waals surface area contributed by atoms with Crippen molar-refractivity contribution in [1.29, 1.82) is 0 Å². The van der Waals surface area contributed by atoms with E-state index >= 15 is 0 Å². The molecule has 0 aliphatic carbocycles. The van der Waals surface area contributed by atoms with Gasteiger partial charge in [0.15, 0.2) is 0 Å². The Hall–Kier alpha value is -2.09. The predicted octanol–water partition coefficient (Wildman–Crippen LogP) is 1.52. The standard InChI is InChI=1S/C19H30FN5O/c1-13(23-3)10-24-11-18-9-17(7-14(2)26-18)25(22)12-19(21)15-5-4-6-16(20)8-15/h4-6,8,12,14,17-18,23-24H,1,7,9-11,21-22H2,2-3H3/b19-12-. The first-order chi connectivity index (χ1) is 12.4. The fraction of sp³-hybridized carbons (Fsp3) is 0.474. The summed E-state index contributed by atoms with van der Waals surface area (Å²) < 4.78 is 19.4. The molecule has 0 radical (unpaired) electrons. The maximum atomic E-state index is 13.4. The SMILES string of the molecule is C=C(CNCC1CC(N(N)/C=C(\N)c2cccc(F)c2)CC(C)O1)NC. The number of hydrogen-bond donors (Lipinski definition) is 4. The van der Waals surface area contributed by atoms with Crippen LogP contribution >= 0.6 is 0 Å². The number of rotatable bonds is 8. The van der Waals surface area contributed by atoms with Crippen molar-refractivity contribution < 1.29 is 9.13 Å².